The summed E-state index contributed by atoms with van der Waals surface area (Å²) in [4.78, 5) is 38.1. The third kappa shape index (κ3) is 5.31. The van der Waals surface area contributed by atoms with Crippen molar-refractivity contribution in [2.24, 2.45) is 5.92 Å². The predicted molar refractivity (Wildman–Crippen MR) is 136 cm³/mol. The maximum atomic E-state index is 13.6. The van der Waals surface area contributed by atoms with Crippen molar-refractivity contribution in [2.45, 2.75) is 65.3 Å². The zero-order valence-corrected chi connectivity index (χ0v) is 21.6. The fourth-order valence-corrected chi connectivity index (χ4v) is 5.53. The van der Waals surface area contributed by atoms with Crippen LogP contribution >= 0.6 is 11.3 Å². The maximum Gasteiger partial charge on any atom is 0.246 e. The monoisotopic (exact) mass is 495 g/mol. The molecule has 2 amide bonds. The van der Waals surface area contributed by atoms with Crippen LogP contribution in [-0.4, -0.2) is 55.0 Å². The minimum absolute atomic E-state index is 0.00262. The van der Waals surface area contributed by atoms with Crippen molar-refractivity contribution < 1.29 is 14.7 Å². The Labute approximate surface area is 210 Å². The highest BCUT2D eigenvalue weighted by molar-refractivity contribution is 7.13. The van der Waals surface area contributed by atoms with Crippen LogP contribution < -0.4 is 5.32 Å². The van der Waals surface area contributed by atoms with Gasteiger partial charge in [0.25, 0.3) is 0 Å². The summed E-state index contributed by atoms with van der Waals surface area (Å²) in [6.07, 6.45) is 2.98. The molecule has 3 aromatic rings. The van der Waals surface area contributed by atoms with E-state index >= 15 is 0 Å². The molecule has 8 nitrogen and oxygen atoms in total. The Kier molecular flexibility index (Phi) is 7.37. The molecule has 0 aliphatic carbocycles. The zero-order valence-electron chi connectivity index (χ0n) is 20.8. The Morgan fingerprint density at radius 3 is 2.43 bits per heavy atom. The summed E-state index contributed by atoms with van der Waals surface area (Å²) < 4.78 is 1.80. The topological polar surface area (TPSA) is 100 Å². The standard InChI is InChI=1S/C26H33N5O3S/c1-15(2)23(30-11-16(3)27-13-30)26(34)31-12-21(32)10-22(31)25(33)29-17(4)19-6-8-20(9-7-19)24-18(5)28-14-35-24/h6-9,11,13-15,17,21-23,32H,10,12H2,1-5H3,(H,29,33)/t17-,21+,22-,23-/m0/s1. The van der Waals surface area contributed by atoms with Gasteiger partial charge in [-0.05, 0) is 37.8 Å². The van der Waals surface area contributed by atoms with E-state index in [1.54, 1.807) is 22.2 Å². The normalized spacial score (nSPS) is 19.7. The number of thiazole rings is 1. The highest BCUT2D eigenvalue weighted by Crippen LogP contribution is 2.29. The smallest absolute Gasteiger partial charge is 0.246 e. The molecule has 186 valence electrons. The maximum absolute atomic E-state index is 13.6. The molecule has 0 saturated carbocycles. The van der Waals surface area contributed by atoms with E-state index in [1.165, 1.54) is 4.90 Å². The van der Waals surface area contributed by atoms with Crippen LogP contribution in [-0.2, 0) is 9.59 Å². The molecule has 0 unspecified atom stereocenters. The van der Waals surface area contributed by atoms with Crippen LogP contribution in [0.4, 0.5) is 0 Å². The van der Waals surface area contributed by atoms with Crippen LogP contribution in [0.1, 0.15) is 56.2 Å². The van der Waals surface area contributed by atoms with Gasteiger partial charge in [0.2, 0.25) is 11.8 Å². The van der Waals surface area contributed by atoms with Gasteiger partial charge in [0, 0.05) is 19.2 Å². The lowest BCUT2D eigenvalue weighted by Gasteiger charge is -2.31. The second-order valence-electron chi connectivity index (χ2n) is 9.67. The molecule has 0 spiro atoms. The van der Waals surface area contributed by atoms with Crippen molar-refractivity contribution in [3.63, 3.8) is 0 Å². The summed E-state index contributed by atoms with van der Waals surface area (Å²) in [5.41, 5.74) is 5.72. The van der Waals surface area contributed by atoms with E-state index in [4.69, 9.17) is 0 Å². The minimum Gasteiger partial charge on any atom is -0.391 e. The third-order valence-electron chi connectivity index (χ3n) is 6.58. The molecule has 0 radical (unpaired) electrons. The average Bonchev–Trinajstić information content (AvgIpc) is 3.53. The van der Waals surface area contributed by atoms with Crippen LogP contribution in [0.5, 0.6) is 0 Å². The Morgan fingerprint density at radius 1 is 1.14 bits per heavy atom. The van der Waals surface area contributed by atoms with Crippen LogP contribution in [0.15, 0.2) is 42.3 Å². The van der Waals surface area contributed by atoms with Gasteiger partial charge in [0.1, 0.15) is 12.1 Å². The average molecular weight is 496 g/mol. The fourth-order valence-electron chi connectivity index (χ4n) is 4.72. The molecular formula is C26H33N5O3S. The first kappa shape index (κ1) is 25.1. The Bertz CT molecular complexity index is 1190. The van der Waals surface area contributed by atoms with Crippen molar-refractivity contribution in [1.82, 2.24) is 24.8 Å². The SMILES string of the molecule is Cc1cn([C@H](C(=O)N2C[C@H](O)C[C@H]2C(=O)N[C@@H](C)c2ccc(-c3scnc3C)cc2)C(C)C)cn1. The number of likely N-dealkylation sites (tertiary alicyclic amines) is 1. The second kappa shape index (κ2) is 10.3. The van der Waals surface area contributed by atoms with E-state index in [9.17, 15) is 14.7 Å². The molecule has 2 aromatic heterocycles. The summed E-state index contributed by atoms with van der Waals surface area (Å²) in [6.45, 7) is 9.88. The number of aliphatic hydroxyl groups is 1. The molecule has 9 heteroatoms. The van der Waals surface area contributed by atoms with Crippen LogP contribution in [0.25, 0.3) is 10.4 Å². The molecule has 1 aliphatic rings. The highest BCUT2D eigenvalue weighted by Gasteiger charge is 2.42. The van der Waals surface area contributed by atoms with Gasteiger partial charge in [-0.15, -0.1) is 11.3 Å². The number of benzene rings is 1. The Morgan fingerprint density at radius 2 is 1.86 bits per heavy atom. The Balaban J connectivity index is 1.47. The predicted octanol–water partition coefficient (Wildman–Crippen LogP) is 3.66. The van der Waals surface area contributed by atoms with Gasteiger partial charge >= 0.3 is 0 Å². The largest absolute Gasteiger partial charge is 0.391 e. The van der Waals surface area contributed by atoms with E-state index in [-0.39, 0.29) is 36.7 Å². The molecule has 3 heterocycles. The molecule has 1 aliphatic heterocycles. The van der Waals surface area contributed by atoms with E-state index < -0.39 is 18.2 Å². The molecule has 4 atom stereocenters. The van der Waals surface area contributed by atoms with Crippen molar-refractivity contribution in [2.75, 3.05) is 6.54 Å². The molecule has 2 N–H and O–H groups in total. The van der Waals surface area contributed by atoms with Gasteiger partial charge in [-0.25, -0.2) is 9.97 Å². The van der Waals surface area contributed by atoms with Crippen molar-refractivity contribution in [3.05, 3.63) is 59.3 Å². The zero-order chi connectivity index (χ0) is 25.3. The first-order valence-corrected chi connectivity index (χ1v) is 12.8. The number of carbonyl (C=O) groups excluding carboxylic acids is 2. The summed E-state index contributed by atoms with van der Waals surface area (Å²) in [6, 6.07) is 6.62. The lowest BCUT2D eigenvalue weighted by molar-refractivity contribution is -0.142. The summed E-state index contributed by atoms with van der Waals surface area (Å²) in [5, 5.41) is 13.4. The second-order valence-corrected chi connectivity index (χ2v) is 10.5. The summed E-state index contributed by atoms with van der Waals surface area (Å²) >= 11 is 1.60. The van der Waals surface area contributed by atoms with Crippen molar-refractivity contribution in [3.8, 4) is 10.4 Å². The number of imidazole rings is 1. The number of aryl methyl sites for hydroxylation is 2. The van der Waals surface area contributed by atoms with Gasteiger partial charge in [-0.3, -0.25) is 9.59 Å². The van der Waals surface area contributed by atoms with Gasteiger partial charge in [0.05, 0.1) is 40.2 Å². The molecule has 4 rings (SSSR count). The molecule has 1 aromatic carbocycles. The van der Waals surface area contributed by atoms with E-state index in [1.807, 2.05) is 70.6 Å². The Hall–Kier alpha value is -3.04. The summed E-state index contributed by atoms with van der Waals surface area (Å²) in [5.74, 6) is -0.433. The van der Waals surface area contributed by atoms with E-state index in [0.29, 0.717) is 0 Å². The van der Waals surface area contributed by atoms with Gasteiger partial charge < -0.3 is 19.9 Å². The molecule has 35 heavy (non-hydrogen) atoms. The third-order valence-corrected chi connectivity index (χ3v) is 7.56. The number of nitrogens with one attached hydrogen (secondary N) is 1. The number of carbonyl (C=O) groups is 2. The lowest BCUT2D eigenvalue weighted by Crippen LogP contribution is -2.49. The number of hydrogen-bond donors (Lipinski definition) is 2. The minimum atomic E-state index is -0.732. The number of hydrogen-bond acceptors (Lipinski definition) is 6. The number of rotatable bonds is 7. The molecule has 1 fully saturated rings. The number of β-amino-alcohol motifs (C(OH)–C–C–N with tert-alkyl or cyclic N) is 1. The van der Waals surface area contributed by atoms with Crippen LogP contribution in [0, 0.1) is 19.8 Å². The molecular weight excluding hydrogens is 462 g/mol. The first-order valence-electron chi connectivity index (χ1n) is 11.9. The van der Waals surface area contributed by atoms with Gasteiger partial charge in [-0.1, -0.05) is 38.1 Å². The highest BCUT2D eigenvalue weighted by atomic mass is 32.1. The lowest BCUT2D eigenvalue weighted by atomic mass is 10.0. The van der Waals surface area contributed by atoms with Crippen molar-refractivity contribution >= 4 is 23.2 Å². The van der Waals surface area contributed by atoms with Crippen LogP contribution in [0.2, 0.25) is 0 Å². The number of amides is 2. The summed E-state index contributed by atoms with van der Waals surface area (Å²) in [7, 11) is 0. The van der Waals surface area contributed by atoms with Crippen molar-refractivity contribution in [1.29, 1.82) is 0 Å². The molecule has 1 saturated heterocycles. The van der Waals surface area contributed by atoms with E-state index in [0.717, 1.165) is 27.4 Å². The number of aromatic nitrogens is 3. The molecule has 0 bridgehead atoms. The quantitative estimate of drug-likeness (QED) is 0.521. The number of aliphatic hydroxyl groups excluding tert-OH is 1. The number of nitrogens with zero attached hydrogens (tertiary/aromatic N) is 4. The fraction of sp³-hybridized carbons (Fsp3) is 0.462. The van der Waals surface area contributed by atoms with Gasteiger partial charge in [0.15, 0.2) is 0 Å². The first-order chi connectivity index (χ1) is 16.7. The van der Waals surface area contributed by atoms with Gasteiger partial charge in [-0.2, -0.15) is 0 Å². The van der Waals surface area contributed by atoms with E-state index in [2.05, 4.69) is 15.3 Å². The van der Waals surface area contributed by atoms with Crippen LogP contribution in [0.3, 0.4) is 0 Å².